The average molecular weight is 393 g/mol. The van der Waals surface area contributed by atoms with Crippen LogP contribution in [-0.2, 0) is 19.1 Å². The summed E-state index contributed by atoms with van der Waals surface area (Å²) in [6, 6.07) is 7.62. The van der Waals surface area contributed by atoms with Gasteiger partial charge in [0.25, 0.3) is 11.6 Å². The SMILES string of the molecule is CO[C@]1(NC(=O)C(N)c2ccccc2)C(=O)N2C(C(=O)O)=C(CO)CSC21. The Morgan fingerprint density at radius 1 is 1.44 bits per heavy atom. The van der Waals surface area contributed by atoms with Crippen LogP contribution >= 0.6 is 11.8 Å². The van der Waals surface area contributed by atoms with Gasteiger partial charge in [0, 0.05) is 12.9 Å². The molecule has 27 heavy (non-hydrogen) atoms. The molecule has 1 aromatic rings. The van der Waals surface area contributed by atoms with E-state index in [-0.39, 0.29) is 17.0 Å². The first-order valence-electron chi connectivity index (χ1n) is 8.06. The minimum absolute atomic E-state index is 0.193. The van der Waals surface area contributed by atoms with E-state index in [9.17, 15) is 24.6 Å². The number of hydrogen-bond acceptors (Lipinski definition) is 7. The van der Waals surface area contributed by atoms with Crippen molar-refractivity contribution in [3.05, 3.63) is 47.2 Å². The van der Waals surface area contributed by atoms with Crippen LogP contribution in [0.2, 0.25) is 0 Å². The molecule has 5 N–H and O–H groups in total. The summed E-state index contributed by atoms with van der Waals surface area (Å²) in [5, 5.41) is 20.6. The number of nitrogens with two attached hydrogens (primary N) is 1. The summed E-state index contributed by atoms with van der Waals surface area (Å²) in [5.74, 6) is -2.47. The Morgan fingerprint density at radius 2 is 2.11 bits per heavy atom. The third kappa shape index (κ3) is 3.00. The number of methoxy groups -OCH3 is 1. The van der Waals surface area contributed by atoms with Gasteiger partial charge in [0.15, 0.2) is 0 Å². The van der Waals surface area contributed by atoms with Crippen molar-refractivity contribution in [2.24, 2.45) is 5.73 Å². The molecule has 1 fully saturated rings. The van der Waals surface area contributed by atoms with E-state index in [0.717, 1.165) is 4.90 Å². The van der Waals surface area contributed by atoms with Crippen LogP contribution in [0.25, 0.3) is 0 Å². The lowest BCUT2D eigenvalue weighted by molar-refractivity contribution is -0.192. The molecule has 0 bridgehead atoms. The number of carbonyl (C=O) groups excluding carboxylic acids is 2. The molecule has 2 unspecified atom stereocenters. The van der Waals surface area contributed by atoms with Crippen molar-refractivity contribution in [2.45, 2.75) is 17.1 Å². The van der Waals surface area contributed by atoms with Crippen LogP contribution in [0.1, 0.15) is 11.6 Å². The number of hydrogen-bond donors (Lipinski definition) is 4. The van der Waals surface area contributed by atoms with E-state index in [1.165, 1.54) is 18.9 Å². The first-order chi connectivity index (χ1) is 12.9. The maximum atomic E-state index is 12.8. The summed E-state index contributed by atoms with van der Waals surface area (Å²) < 4.78 is 5.33. The van der Waals surface area contributed by atoms with E-state index in [0.29, 0.717) is 5.56 Å². The predicted molar refractivity (Wildman–Crippen MR) is 96.1 cm³/mol. The van der Waals surface area contributed by atoms with Crippen LogP contribution in [0.15, 0.2) is 41.6 Å². The average Bonchev–Trinajstić information content (AvgIpc) is 2.70. The van der Waals surface area contributed by atoms with Gasteiger partial charge in [-0.1, -0.05) is 30.3 Å². The van der Waals surface area contributed by atoms with Gasteiger partial charge < -0.3 is 26.0 Å². The molecule has 1 aromatic carbocycles. The van der Waals surface area contributed by atoms with Gasteiger partial charge in [-0.05, 0) is 11.1 Å². The summed E-state index contributed by atoms with van der Waals surface area (Å²) in [7, 11) is 1.26. The summed E-state index contributed by atoms with van der Waals surface area (Å²) in [4.78, 5) is 38.0. The number of carbonyl (C=O) groups is 3. The normalized spacial score (nSPS) is 25.5. The number of amides is 2. The molecule has 3 rings (SSSR count). The highest BCUT2D eigenvalue weighted by molar-refractivity contribution is 8.00. The zero-order valence-electron chi connectivity index (χ0n) is 14.4. The minimum atomic E-state index is -1.71. The second-order valence-corrected chi connectivity index (χ2v) is 7.14. The number of ether oxygens (including phenoxy) is 1. The van der Waals surface area contributed by atoms with Gasteiger partial charge in [0.2, 0.25) is 5.91 Å². The third-order valence-corrected chi connectivity index (χ3v) is 5.95. The number of nitrogens with one attached hydrogen (secondary N) is 1. The summed E-state index contributed by atoms with van der Waals surface area (Å²) >= 11 is 1.19. The Labute approximate surface area is 159 Å². The minimum Gasteiger partial charge on any atom is -0.477 e. The van der Waals surface area contributed by atoms with Gasteiger partial charge in [0.1, 0.15) is 17.1 Å². The fourth-order valence-corrected chi connectivity index (χ4v) is 4.57. The van der Waals surface area contributed by atoms with E-state index in [4.69, 9.17) is 10.5 Å². The standard InChI is InChI=1S/C17H19N3O6S/c1-26-17(19-13(22)11(18)9-5-3-2-4-6-9)15(25)20-12(14(23)24)10(7-21)8-27-16(17)20/h2-6,11,16,21H,7-8,18H2,1H3,(H,19,22)(H,23,24)/t11?,16?,17-/m1/s1. The number of nitrogens with zero attached hydrogens (tertiary/aromatic N) is 1. The van der Waals surface area contributed by atoms with Gasteiger partial charge in [-0.2, -0.15) is 0 Å². The monoisotopic (exact) mass is 393 g/mol. The fourth-order valence-electron chi connectivity index (χ4n) is 3.14. The van der Waals surface area contributed by atoms with Crippen LogP contribution in [0, 0.1) is 0 Å². The number of benzene rings is 1. The Bertz CT molecular complexity index is 814. The Morgan fingerprint density at radius 3 is 2.67 bits per heavy atom. The third-order valence-electron chi connectivity index (χ3n) is 4.58. The largest absolute Gasteiger partial charge is 0.477 e. The van der Waals surface area contributed by atoms with Gasteiger partial charge in [-0.15, -0.1) is 11.8 Å². The Kier molecular flexibility index (Phi) is 5.24. The van der Waals surface area contributed by atoms with Crippen molar-refractivity contribution in [2.75, 3.05) is 19.5 Å². The Hall–Kier alpha value is -2.40. The van der Waals surface area contributed by atoms with E-state index in [2.05, 4.69) is 5.32 Å². The highest BCUT2D eigenvalue weighted by Gasteiger charge is 2.66. The zero-order chi connectivity index (χ0) is 19.8. The first-order valence-corrected chi connectivity index (χ1v) is 9.11. The molecule has 0 spiro atoms. The van der Waals surface area contributed by atoms with Crippen LogP contribution in [0.4, 0.5) is 0 Å². The van der Waals surface area contributed by atoms with Crippen molar-refractivity contribution >= 4 is 29.5 Å². The smallest absolute Gasteiger partial charge is 0.352 e. The quantitative estimate of drug-likeness (QED) is 0.370. The molecule has 9 nitrogen and oxygen atoms in total. The maximum Gasteiger partial charge on any atom is 0.352 e. The predicted octanol–water partition coefficient (Wildman–Crippen LogP) is -0.609. The highest BCUT2D eigenvalue weighted by Crippen LogP contribution is 2.46. The van der Waals surface area contributed by atoms with Crippen molar-refractivity contribution in [1.29, 1.82) is 0 Å². The van der Waals surface area contributed by atoms with E-state index >= 15 is 0 Å². The number of carboxylic acids is 1. The lowest BCUT2D eigenvalue weighted by atomic mass is 9.97. The zero-order valence-corrected chi connectivity index (χ0v) is 15.2. The van der Waals surface area contributed by atoms with Gasteiger partial charge in [-0.25, -0.2) is 4.79 Å². The molecular weight excluding hydrogens is 374 g/mol. The van der Waals surface area contributed by atoms with Crippen LogP contribution in [0.3, 0.4) is 0 Å². The van der Waals surface area contributed by atoms with Gasteiger partial charge in [-0.3, -0.25) is 14.5 Å². The second-order valence-electron chi connectivity index (χ2n) is 6.07. The molecular formula is C17H19N3O6S. The Balaban J connectivity index is 1.85. The maximum absolute atomic E-state index is 12.8. The molecule has 2 aliphatic rings. The molecule has 2 aliphatic heterocycles. The molecule has 0 saturated carbocycles. The fraction of sp³-hybridized carbons (Fsp3) is 0.353. The van der Waals surface area contributed by atoms with Crippen molar-refractivity contribution in [3.63, 3.8) is 0 Å². The van der Waals surface area contributed by atoms with Crippen molar-refractivity contribution < 1.29 is 29.3 Å². The van der Waals surface area contributed by atoms with Gasteiger partial charge >= 0.3 is 5.97 Å². The lowest BCUT2D eigenvalue weighted by Crippen LogP contribution is -2.81. The molecule has 2 amide bonds. The second kappa shape index (κ2) is 7.31. The lowest BCUT2D eigenvalue weighted by Gasteiger charge is -2.55. The number of thioether (sulfide) groups is 1. The molecule has 0 radical (unpaired) electrons. The molecule has 1 saturated heterocycles. The number of aliphatic hydroxyl groups excluding tert-OH is 1. The van der Waals surface area contributed by atoms with E-state index < -0.39 is 41.5 Å². The van der Waals surface area contributed by atoms with Crippen molar-refractivity contribution in [1.82, 2.24) is 10.2 Å². The first kappa shape index (κ1) is 19.4. The van der Waals surface area contributed by atoms with E-state index in [1.54, 1.807) is 30.3 Å². The topological polar surface area (TPSA) is 142 Å². The summed E-state index contributed by atoms with van der Waals surface area (Å²) in [6.07, 6.45) is 0. The molecule has 0 aliphatic carbocycles. The number of fused-ring (bicyclic) bond motifs is 1. The molecule has 0 aromatic heterocycles. The summed E-state index contributed by atoms with van der Waals surface area (Å²) in [5.41, 5.74) is 4.78. The number of rotatable bonds is 6. The highest BCUT2D eigenvalue weighted by atomic mass is 32.2. The van der Waals surface area contributed by atoms with Crippen molar-refractivity contribution in [3.8, 4) is 0 Å². The van der Waals surface area contributed by atoms with Crippen LogP contribution < -0.4 is 11.1 Å². The van der Waals surface area contributed by atoms with E-state index in [1.807, 2.05) is 0 Å². The van der Waals surface area contributed by atoms with Crippen LogP contribution in [-0.4, -0.2) is 63.5 Å². The number of aliphatic carboxylic acids is 1. The molecule has 10 heteroatoms. The molecule has 2 heterocycles. The number of β-lactam (4-membered cyclic amide) rings is 1. The molecule has 3 atom stereocenters. The summed E-state index contributed by atoms with van der Waals surface area (Å²) in [6.45, 7) is -0.476. The number of aliphatic hydroxyl groups is 1. The molecule has 144 valence electrons. The number of carboxylic acid groups (broad SMARTS) is 1. The van der Waals surface area contributed by atoms with Crippen LogP contribution in [0.5, 0.6) is 0 Å². The van der Waals surface area contributed by atoms with Gasteiger partial charge in [0.05, 0.1) is 6.61 Å².